The molecule has 1 N–H and O–H groups in total. The molecule has 31 heavy (non-hydrogen) atoms. The largest absolute Gasteiger partial charge is 0.389 e. The number of aliphatic hydroxyl groups is 1. The van der Waals surface area contributed by atoms with Crippen molar-refractivity contribution in [2.45, 2.75) is 62.9 Å². The predicted octanol–water partition coefficient (Wildman–Crippen LogP) is 1.98. The second kappa shape index (κ2) is 10.1. The van der Waals surface area contributed by atoms with E-state index in [2.05, 4.69) is 0 Å². The van der Waals surface area contributed by atoms with Gasteiger partial charge >= 0.3 is 0 Å². The highest BCUT2D eigenvalue weighted by atomic mass is 19.1. The molecule has 3 aliphatic rings. The van der Waals surface area contributed by atoms with Gasteiger partial charge in [-0.1, -0.05) is 0 Å². The highest BCUT2D eigenvalue weighted by Gasteiger charge is 2.40. The summed E-state index contributed by atoms with van der Waals surface area (Å²) >= 11 is 0. The molecular weight excluding hydrogens is 403 g/mol. The number of piperidine rings is 1. The summed E-state index contributed by atoms with van der Waals surface area (Å²) in [7, 11) is 0. The third-order valence-corrected chi connectivity index (χ3v) is 6.44. The van der Waals surface area contributed by atoms with E-state index in [1.807, 2.05) is 4.90 Å². The summed E-state index contributed by atoms with van der Waals surface area (Å²) in [5.41, 5.74) is 0.372. The Morgan fingerprint density at radius 1 is 1.06 bits per heavy atom. The second-order valence-electron chi connectivity index (χ2n) is 8.74. The van der Waals surface area contributed by atoms with Gasteiger partial charge in [0.05, 0.1) is 37.9 Å². The molecule has 1 aromatic rings. The fraction of sp³-hybridized carbons (Fsp3) is 0.652. The number of aliphatic hydroxyl groups excluding tert-OH is 1. The van der Waals surface area contributed by atoms with Gasteiger partial charge in [-0.05, 0) is 56.4 Å². The van der Waals surface area contributed by atoms with Gasteiger partial charge in [0, 0.05) is 25.2 Å². The van der Waals surface area contributed by atoms with E-state index < -0.39 is 11.9 Å². The van der Waals surface area contributed by atoms with Gasteiger partial charge in [0.25, 0.3) is 5.91 Å². The van der Waals surface area contributed by atoms with Crippen molar-refractivity contribution in [2.75, 3.05) is 32.8 Å². The average molecular weight is 435 g/mol. The van der Waals surface area contributed by atoms with Gasteiger partial charge in [0.2, 0.25) is 5.91 Å². The summed E-state index contributed by atoms with van der Waals surface area (Å²) < 4.78 is 25.2. The van der Waals surface area contributed by atoms with Crippen LogP contribution >= 0.6 is 0 Å². The van der Waals surface area contributed by atoms with E-state index in [-0.39, 0.29) is 49.8 Å². The number of nitrogens with zero attached hydrogens (tertiary/aromatic N) is 2. The van der Waals surface area contributed by atoms with E-state index in [1.165, 1.54) is 30.7 Å². The first-order valence-corrected chi connectivity index (χ1v) is 11.3. The number of hydrogen-bond acceptors (Lipinski definition) is 5. The van der Waals surface area contributed by atoms with Gasteiger partial charge in [0.1, 0.15) is 11.9 Å². The quantitative estimate of drug-likeness (QED) is 0.787. The summed E-state index contributed by atoms with van der Waals surface area (Å²) in [4.78, 5) is 29.4. The minimum Gasteiger partial charge on any atom is -0.389 e. The first-order valence-electron chi connectivity index (χ1n) is 11.3. The third-order valence-electron chi connectivity index (χ3n) is 6.44. The van der Waals surface area contributed by atoms with Crippen LogP contribution in [0.1, 0.15) is 48.9 Å². The maximum atomic E-state index is 13.3. The lowest BCUT2D eigenvalue weighted by molar-refractivity contribution is -0.155. The first kappa shape index (κ1) is 22.2. The minimum absolute atomic E-state index is 0.108. The van der Waals surface area contributed by atoms with E-state index in [0.29, 0.717) is 24.8 Å². The van der Waals surface area contributed by atoms with Crippen molar-refractivity contribution in [3.8, 4) is 0 Å². The van der Waals surface area contributed by atoms with Crippen LogP contribution in [0, 0.1) is 5.82 Å². The Bertz CT molecular complexity index is 768. The van der Waals surface area contributed by atoms with Crippen molar-refractivity contribution < 1.29 is 28.6 Å². The summed E-state index contributed by atoms with van der Waals surface area (Å²) in [5.74, 6) is -0.537. The number of ether oxygens (including phenoxy) is 2. The maximum Gasteiger partial charge on any atom is 0.254 e. The Morgan fingerprint density at radius 2 is 1.81 bits per heavy atom. The molecule has 4 rings (SSSR count). The SMILES string of the molecule is O=C(C[C@@H]1CC[C@@H]2[C@H](COC[C@@H](O)CN2C(=O)c2ccc(F)cc2)O1)N1CCCCC1. The number of halogens is 1. The molecule has 0 radical (unpaired) electrons. The highest BCUT2D eigenvalue weighted by Crippen LogP contribution is 2.29. The zero-order chi connectivity index (χ0) is 21.8. The number of hydrogen-bond donors (Lipinski definition) is 1. The monoisotopic (exact) mass is 434 g/mol. The fourth-order valence-corrected chi connectivity index (χ4v) is 4.80. The van der Waals surface area contributed by atoms with E-state index >= 15 is 0 Å². The molecular formula is C23H31FN2O5. The number of benzene rings is 1. The Balaban J connectivity index is 1.44. The lowest BCUT2D eigenvalue weighted by Crippen LogP contribution is -2.57. The standard InChI is InChI=1S/C23H31FN2O5/c24-17-6-4-16(5-7-17)23(29)26-13-18(27)14-30-15-21-20(26)9-8-19(31-21)12-22(28)25-10-2-1-3-11-25/h4-7,18-21,27H,1-3,8-15H2/t18-,19-,20+,21-/m0/s1. The third kappa shape index (κ3) is 5.42. The molecule has 0 aromatic heterocycles. The van der Waals surface area contributed by atoms with Gasteiger partial charge in [-0.2, -0.15) is 0 Å². The van der Waals surface area contributed by atoms with Crippen molar-refractivity contribution in [3.63, 3.8) is 0 Å². The molecule has 0 bridgehead atoms. The first-order chi connectivity index (χ1) is 15.0. The van der Waals surface area contributed by atoms with Gasteiger partial charge in [-0.3, -0.25) is 9.59 Å². The van der Waals surface area contributed by atoms with Gasteiger partial charge in [-0.15, -0.1) is 0 Å². The van der Waals surface area contributed by atoms with Crippen molar-refractivity contribution >= 4 is 11.8 Å². The lowest BCUT2D eigenvalue weighted by Gasteiger charge is -2.44. The van der Waals surface area contributed by atoms with Crippen molar-refractivity contribution in [2.24, 2.45) is 0 Å². The number of carbonyl (C=O) groups is 2. The van der Waals surface area contributed by atoms with Crippen molar-refractivity contribution in [3.05, 3.63) is 35.6 Å². The molecule has 3 aliphatic heterocycles. The Hall–Kier alpha value is -2.03. The molecule has 8 heteroatoms. The number of likely N-dealkylation sites (tertiary alicyclic amines) is 1. The summed E-state index contributed by atoms with van der Waals surface area (Å²) in [6.07, 6.45) is 3.57. The van der Waals surface area contributed by atoms with Crippen LogP contribution in [0.3, 0.4) is 0 Å². The molecule has 170 valence electrons. The Morgan fingerprint density at radius 3 is 2.55 bits per heavy atom. The molecule has 7 nitrogen and oxygen atoms in total. The molecule has 0 unspecified atom stereocenters. The van der Waals surface area contributed by atoms with Gasteiger partial charge < -0.3 is 24.4 Å². The van der Waals surface area contributed by atoms with Gasteiger partial charge in [-0.25, -0.2) is 4.39 Å². The molecule has 2 amide bonds. The van der Waals surface area contributed by atoms with E-state index in [0.717, 1.165) is 25.9 Å². The van der Waals surface area contributed by atoms with Crippen LogP contribution in [0.5, 0.6) is 0 Å². The minimum atomic E-state index is -0.802. The van der Waals surface area contributed by atoms with Gasteiger partial charge in [0.15, 0.2) is 0 Å². The predicted molar refractivity (Wildman–Crippen MR) is 111 cm³/mol. The number of amides is 2. The second-order valence-corrected chi connectivity index (χ2v) is 8.74. The number of carbonyl (C=O) groups excluding carboxylic acids is 2. The fourth-order valence-electron chi connectivity index (χ4n) is 4.80. The smallest absolute Gasteiger partial charge is 0.254 e. The zero-order valence-corrected chi connectivity index (χ0v) is 17.7. The van der Waals surface area contributed by atoms with Crippen LogP contribution in [-0.4, -0.2) is 83.9 Å². The average Bonchev–Trinajstić information content (AvgIpc) is 2.77. The van der Waals surface area contributed by atoms with E-state index in [4.69, 9.17) is 9.47 Å². The van der Waals surface area contributed by atoms with Crippen LogP contribution in [0.4, 0.5) is 4.39 Å². The zero-order valence-electron chi connectivity index (χ0n) is 17.7. The van der Waals surface area contributed by atoms with Crippen LogP contribution in [0.2, 0.25) is 0 Å². The van der Waals surface area contributed by atoms with Crippen LogP contribution in [-0.2, 0) is 14.3 Å². The van der Waals surface area contributed by atoms with E-state index in [1.54, 1.807) is 4.90 Å². The Labute approximate surface area is 182 Å². The molecule has 1 aromatic carbocycles. The van der Waals surface area contributed by atoms with Crippen LogP contribution < -0.4 is 0 Å². The summed E-state index contributed by atoms with van der Waals surface area (Å²) in [6, 6.07) is 5.16. The molecule has 0 aliphatic carbocycles. The number of β-amino-alcohol motifs (C(OH)–C–C–N with tert-alkyl or cyclic N) is 1. The Kier molecular flexibility index (Phi) is 7.20. The molecule has 0 spiro atoms. The molecule has 3 saturated heterocycles. The number of fused-ring (bicyclic) bond motifs is 1. The van der Waals surface area contributed by atoms with Crippen LogP contribution in [0.25, 0.3) is 0 Å². The molecule has 0 saturated carbocycles. The summed E-state index contributed by atoms with van der Waals surface area (Å²) in [6.45, 7) is 2.12. The maximum absolute atomic E-state index is 13.3. The molecule has 4 atom stereocenters. The topological polar surface area (TPSA) is 79.3 Å². The molecule has 3 fully saturated rings. The van der Waals surface area contributed by atoms with Crippen molar-refractivity contribution in [1.29, 1.82) is 0 Å². The normalized spacial score (nSPS) is 29.6. The van der Waals surface area contributed by atoms with E-state index in [9.17, 15) is 19.1 Å². The van der Waals surface area contributed by atoms with Crippen LogP contribution in [0.15, 0.2) is 24.3 Å². The lowest BCUT2D eigenvalue weighted by atomic mass is 9.94. The number of rotatable bonds is 3. The summed E-state index contributed by atoms with van der Waals surface area (Å²) in [5, 5.41) is 10.3. The van der Waals surface area contributed by atoms with Crippen molar-refractivity contribution in [1.82, 2.24) is 9.80 Å². The highest BCUT2D eigenvalue weighted by molar-refractivity contribution is 5.94. The molecule has 3 heterocycles.